The summed E-state index contributed by atoms with van der Waals surface area (Å²) >= 11 is 6.06. The van der Waals surface area contributed by atoms with Crippen molar-refractivity contribution in [1.82, 2.24) is 0 Å². The molecule has 3 nitrogen and oxygen atoms in total. The first-order chi connectivity index (χ1) is 13.9. The van der Waals surface area contributed by atoms with Gasteiger partial charge in [0.15, 0.2) is 5.78 Å². The number of allylic oxidation sites excluding steroid dienone is 4. The van der Waals surface area contributed by atoms with Crippen molar-refractivity contribution in [3.05, 3.63) is 81.9 Å². The summed E-state index contributed by atoms with van der Waals surface area (Å²) in [7, 11) is 0. The van der Waals surface area contributed by atoms with E-state index in [-0.39, 0.29) is 34.7 Å². The highest BCUT2D eigenvalue weighted by Crippen LogP contribution is 2.43. The highest BCUT2D eigenvalue weighted by molar-refractivity contribution is 6.30. The normalized spacial score (nSPS) is 18.8. The molecule has 3 rings (SSSR count). The molecular weight excluding hydrogens is 384 g/mol. The average Bonchev–Trinajstić information content (AvgIpc) is 2.68. The summed E-state index contributed by atoms with van der Waals surface area (Å²) in [5.41, 5.74) is 3.71. The minimum Gasteiger partial charge on any atom is -0.507 e. The van der Waals surface area contributed by atoms with Crippen molar-refractivity contribution in [3.8, 4) is 11.5 Å². The Morgan fingerprint density at radius 1 is 1.10 bits per heavy atom. The Balaban J connectivity index is 1.92. The molecule has 0 unspecified atom stereocenters. The monoisotopic (exact) mass is 410 g/mol. The lowest BCUT2D eigenvalue weighted by Gasteiger charge is -2.31. The highest BCUT2D eigenvalue weighted by Gasteiger charge is 2.35. The van der Waals surface area contributed by atoms with Crippen LogP contribution in [0.5, 0.6) is 11.5 Å². The van der Waals surface area contributed by atoms with Crippen LogP contribution in [0, 0.1) is 5.92 Å². The van der Waals surface area contributed by atoms with Crippen LogP contribution >= 0.6 is 11.6 Å². The zero-order valence-electron chi connectivity index (χ0n) is 16.9. The number of halogens is 1. The molecule has 0 heterocycles. The summed E-state index contributed by atoms with van der Waals surface area (Å²) in [6.45, 7) is 4.19. The van der Waals surface area contributed by atoms with Crippen LogP contribution in [0.2, 0.25) is 5.02 Å². The molecule has 0 saturated heterocycles. The largest absolute Gasteiger partial charge is 0.507 e. The minimum atomic E-state index is -0.345. The molecule has 0 aromatic heterocycles. The number of Topliss-reactive ketones (excluding diaryl/α,β-unsaturated/α-hetero) is 1. The lowest BCUT2D eigenvalue weighted by Crippen LogP contribution is -2.26. The van der Waals surface area contributed by atoms with E-state index >= 15 is 0 Å². The Bertz CT molecular complexity index is 917. The SMILES string of the molecule is CC(C)=CCCC1=CC[C@@H](C(=O)c2c(O)cccc2O)[C@H](c2ccc(Cl)cc2)C1. The molecule has 0 aliphatic heterocycles. The number of aromatic hydroxyl groups is 2. The van der Waals surface area contributed by atoms with E-state index in [4.69, 9.17) is 11.6 Å². The second-order valence-electron chi connectivity index (χ2n) is 7.92. The lowest BCUT2D eigenvalue weighted by atomic mass is 9.72. The van der Waals surface area contributed by atoms with Crippen LogP contribution in [0.3, 0.4) is 0 Å². The molecule has 0 amide bonds. The smallest absolute Gasteiger partial charge is 0.174 e. The first kappa shape index (κ1) is 21.2. The van der Waals surface area contributed by atoms with Crippen LogP contribution in [0.25, 0.3) is 0 Å². The van der Waals surface area contributed by atoms with Crippen molar-refractivity contribution in [2.24, 2.45) is 5.92 Å². The van der Waals surface area contributed by atoms with E-state index in [1.54, 1.807) is 0 Å². The van der Waals surface area contributed by atoms with Crippen LogP contribution in [-0.2, 0) is 0 Å². The van der Waals surface area contributed by atoms with Crippen LogP contribution in [0.4, 0.5) is 0 Å². The van der Waals surface area contributed by atoms with Crippen molar-refractivity contribution in [1.29, 1.82) is 0 Å². The number of phenols is 2. The average molecular weight is 411 g/mol. The molecule has 0 radical (unpaired) electrons. The fraction of sp³-hybridized carbons (Fsp3) is 0.320. The van der Waals surface area contributed by atoms with Crippen molar-refractivity contribution in [3.63, 3.8) is 0 Å². The first-order valence-corrected chi connectivity index (χ1v) is 10.4. The van der Waals surface area contributed by atoms with Crippen LogP contribution in [0.1, 0.15) is 61.4 Å². The summed E-state index contributed by atoms with van der Waals surface area (Å²) in [5, 5.41) is 21.0. The quantitative estimate of drug-likeness (QED) is 0.406. The van der Waals surface area contributed by atoms with Gasteiger partial charge in [-0.05, 0) is 75.3 Å². The van der Waals surface area contributed by atoms with E-state index in [2.05, 4.69) is 26.0 Å². The molecular formula is C25H27ClO3. The molecule has 0 spiro atoms. The molecule has 0 fully saturated rings. The third kappa shape index (κ3) is 5.10. The van der Waals surface area contributed by atoms with Crippen molar-refractivity contribution >= 4 is 17.4 Å². The second kappa shape index (κ2) is 9.32. The second-order valence-corrected chi connectivity index (χ2v) is 8.36. The number of benzene rings is 2. The van der Waals surface area contributed by atoms with Gasteiger partial charge in [-0.25, -0.2) is 0 Å². The van der Waals surface area contributed by atoms with Gasteiger partial charge in [0.05, 0.1) is 0 Å². The maximum Gasteiger partial charge on any atom is 0.174 e. The van der Waals surface area contributed by atoms with E-state index < -0.39 is 0 Å². The number of carbonyl (C=O) groups is 1. The van der Waals surface area contributed by atoms with Gasteiger partial charge in [-0.3, -0.25) is 4.79 Å². The van der Waals surface area contributed by atoms with Gasteiger partial charge in [0.1, 0.15) is 17.1 Å². The summed E-state index contributed by atoms with van der Waals surface area (Å²) in [6, 6.07) is 12.0. The number of rotatable bonds is 6. The summed E-state index contributed by atoms with van der Waals surface area (Å²) in [5.74, 6) is -0.945. The predicted molar refractivity (Wildman–Crippen MR) is 118 cm³/mol. The van der Waals surface area contributed by atoms with Gasteiger partial charge in [0.25, 0.3) is 0 Å². The molecule has 0 bridgehead atoms. The Hall–Kier alpha value is -2.52. The molecule has 0 saturated carbocycles. The van der Waals surface area contributed by atoms with Gasteiger partial charge in [-0.2, -0.15) is 0 Å². The minimum absolute atomic E-state index is 0.0119. The third-order valence-corrected chi connectivity index (χ3v) is 5.80. The van der Waals surface area contributed by atoms with Crippen LogP contribution in [-0.4, -0.2) is 16.0 Å². The fourth-order valence-electron chi connectivity index (χ4n) is 4.03. The number of ketones is 1. The molecule has 2 N–H and O–H groups in total. The number of carbonyl (C=O) groups excluding carboxylic acids is 1. The van der Waals surface area contributed by atoms with Crippen molar-refractivity contribution < 1.29 is 15.0 Å². The summed E-state index contributed by atoms with van der Waals surface area (Å²) < 4.78 is 0. The Morgan fingerprint density at radius 3 is 2.38 bits per heavy atom. The molecule has 2 aromatic carbocycles. The summed E-state index contributed by atoms with van der Waals surface area (Å²) in [4.78, 5) is 13.3. The van der Waals surface area contributed by atoms with Gasteiger partial charge in [-0.15, -0.1) is 0 Å². The van der Waals surface area contributed by atoms with E-state index in [0.29, 0.717) is 11.4 Å². The Labute approximate surface area is 177 Å². The molecule has 1 aliphatic rings. The summed E-state index contributed by atoms with van der Waals surface area (Å²) in [6.07, 6.45) is 7.71. The fourth-order valence-corrected chi connectivity index (χ4v) is 4.16. The molecule has 4 heteroatoms. The van der Waals surface area contributed by atoms with Gasteiger partial charge in [0, 0.05) is 10.9 Å². The van der Waals surface area contributed by atoms with E-state index in [1.807, 2.05) is 24.3 Å². The number of hydrogen-bond acceptors (Lipinski definition) is 3. The van der Waals surface area contributed by atoms with Gasteiger partial charge >= 0.3 is 0 Å². The van der Waals surface area contributed by atoms with E-state index in [0.717, 1.165) is 24.8 Å². The van der Waals surface area contributed by atoms with Crippen molar-refractivity contribution in [2.75, 3.05) is 0 Å². The zero-order chi connectivity index (χ0) is 21.0. The van der Waals surface area contributed by atoms with E-state index in [1.165, 1.54) is 29.3 Å². The Morgan fingerprint density at radius 2 is 1.76 bits per heavy atom. The van der Waals surface area contributed by atoms with Crippen molar-refractivity contribution in [2.45, 2.75) is 45.4 Å². The van der Waals surface area contributed by atoms with Gasteiger partial charge < -0.3 is 10.2 Å². The topological polar surface area (TPSA) is 57.5 Å². The van der Waals surface area contributed by atoms with E-state index in [9.17, 15) is 15.0 Å². The molecule has 2 aromatic rings. The highest BCUT2D eigenvalue weighted by atomic mass is 35.5. The number of phenolic OH excluding ortho intramolecular Hbond substituents is 2. The Kier molecular flexibility index (Phi) is 6.81. The zero-order valence-corrected chi connectivity index (χ0v) is 17.6. The van der Waals surface area contributed by atoms with Gasteiger partial charge in [0.2, 0.25) is 0 Å². The molecule has 2 atom stereocenters. The maximum absolute atomic E-state index is 13.3. The lowest BCUT2D eigenvalue weighted by molar-refractivity contribution is 0.0889. The first-order valence-electron chi connectivity index (χ1n) is 9.98. The van der Waals surface area contributed by atoms with Crippen LogP contribution in [0.15, 0.2) is 65.8 Å². The van der Waals surface area contributed by atoms with Gasteiger partial charge in [-0.1, -0.05) is 53.1 Å². The molecule has 29 heavy (non-hydrogen) atoms. The number of hydrogen-bond donors (Lipinski definition) is 2. The van der Waals surface area contributed by atoms with Crippen LogP contribution < -0.4 is 0 Å². The third-order valence-electron chi connectivity index (χ3n) is 5.55. The maximum atomic E-state index is 13.3. The predicted octanol–water partition coefficient (Wildman–Crippen LogP) is 6.80. The standard InChI is InChI=1S/C25H27ClO3/c1-16(2)5-3-6-17-9-14-20(21(15-17)18-10-12-19(26)13-11-18)25(29)24-22(27)7-4-8-23(24)28/h4-5,7-13,20-21,27-28H,3,6,14-15H2,1-2H3/t20-,21+/m1/s1. The molecule has 152 valence electrons. The molecule has 1 aliphatic carbocycles.